The molecule has 8 nitrogen and oxygen atoms in total. The van der Waals surface area contributed by atoms with Crippen molar-refractivity contribution in [3.05, 3.63) is 95.6 Å². The van der Waals surface area contributed by atoms with Crippen LogP contribution in [0.15, 0.2) is 78.9 Å². The first-order valence-electron chi connectivity index (χ1n) is 16.5. The first-order valence-corrected chi connectivity index (χ1v) is 17.5. The van der Waals surface area contributed by atoms with Gasteiger partial charge in [-0.05, 0) is 54.9 Å². The molecule has 9 heteroatoms. The van der Waals surface area contributed by atoms with Crippen LogP contribution < -0.4 is 10.1 Å². The van der Waals surface area contributed by atoms with E-state index in [-0.39, 0.29) is 35.7 Å². The SMILES string of the molecule is CC(C)CCN1C(=O)C(CC(=O)N2CCC(N3CCc4ccccc4NC3=O)CC2)SC1c1ccccc1OCc1ccccc1. The second-order valence-electron chi connectivity index (χ2n) is 12.9. The molecule has 6 rings (SSSR count). The van der Waals surface area contributed by atoms with Crippen molar-refractivity contribution >= 4 is 35.3 Å². The van der Waals surface area contributed by atoms with Crippen LogP contribution in [0.25, 0.3) is 0 Å². The van der Waals surface area contributed by atoms with Gasteiger partial charge >= 0.3 is 6.03 Å². The van der Waals surface area contributed by atoms with Gasteiger partial charge in [0, 0.05) is 49.9 Å². The number of nitrogens with one attached hydrogen (secondary N) is 1. The molecule has 2 saturated heterocycles. The molecular formula is C37H44N4O4S. The van der Waals surface area contributed by atoms with Gasteiger partial charge in [0.25, 0.3) is 0 Å². The minimum absolute atomic E-state index is 0.00935. The van der Waals surface area contributed by atoms with E-state index in [1.807, 2.05) is 87.5 Å². The Balaban J connectivity index is 1.09. The Kier molecular flexibility index (Phi) is 10.2. The van der Waals surface area contributed by atoms with Crippen molar-refractivity contribution in [2.75, 3.05) is 31.5 Å². The van der Waals surface area contributed by atoms with Crippen molar-refractivity contribution in [2.45, 2.75) is 69.2 Å². The number of ether oxygens (including phenoxy) is 1. The third-order valence-electron chi connectivity index (χ3n) is 9.26. The molecule has 242 valence electrons. The van der Waals surface area contributed by atoms with Crippen LogP contribution in [0.1, 0.15) is 61.6 Å². The molecule has 0 bridgehead atoms. The maximum atomic E-state index is 13.9. The molecule has 3 aromatic carbocycles. The third kappa shape index (κ3) is 7.35. The Bertz CT molecular complexity index is 1520. The van der Waals surface area contributed by atoms with Gasteiger partial charge in [-0.1, -0.05) is 80.6 Å². The number of piperidine rings is 1. The van der Waals surface area contributed by atoms with Crippen molar-refractivity contribution < 1.29 is 19.1 Å². The Hall–Kier alpha value is -3.98. The number of likely N-dealkylation sites (tertiary alicyclic amines) is 1. The number of carbonyl (C=O) groups excluding carboxylic acids is 3. The summed E-state index contributed by atoms with van der Waals surface area (Å²) in [6.07, 6.45) is 3.34. The lowest BCUT2D eigenvalue weighted by Crippen LogP contribution is -2.50. The van der Waals surface area contributed by atoms with E-state index in [1.54, 1.807) is 11.8 Å². The van der Waals surface area contributed by atoms with Crippen LogP contribution in [0, 0.1) is 5.92 Å². The molecule has 0 radical (unpaired) electrons. The molecule has 2 atom stereocenters. The lowest BCUT2D eigenvalue weighted by atomic mass is 10.0. The molecule has 2 fully saturated rings. The van der Waals surface area contributed by atoms with Crippen molar-refractivity contribution in [3.63, 3.8) is 0 Å². The molecule has 0 spiro atoms. The fraction of sp³-hybridized carbons (Fsp3) is 0.432. The molecule has 0 saturated carbocycles. The fourth-order valence-corrected chi connectivity index (χ4v) is 8.09. The van der Waals surface area contributed by atoms with Gasteiger partial charge in [0.1, 0.15) is 17.7 Å². The standard InChI is InChI=1S/C37H44N4O4S/c1-26(2)16-22-41-35(43)33(46-36(41)30-13-7-9-15-32(30)45-25-27-10-4-3-5-11-27)24-34(42)39-20-18-29(19-21-39)40-23-17-28-12-6-8-14-31(28)38-37(40)44/h3-15,26,29,33,36H,16-25H2,1-2H3,(H,38,44). The second-order valence-corrected chi connectivity index (χ2v) is 14.1. The van der Waals surface area contributed by atoms with Gasteiger partial charge in [0.05, 0.1) is 5.25 Å². The van der Waals surface area contributed by atoms with Crippen molar-refractivity contribution in [3.8, 4) is 5.75 Å². The molecule has 1 N–H and O–H groups in total. The lowest BCUT2D eigenvalue weighted by molar-refractivity contribution is -0.137. The molecule has 2 unspecified atom stereocenters. The van der Waals surface area contributed by atoms with E-state index in [2.05, 4.69) is 25.2 Å². The zero-order valence-corrected chi connectivity index (χ0v) is 27.6. The quantitative estimate of drug-likeness (QED) is 0.266. The molecule has 46 heavy (non-hydrogen) atoms. The number of anilines is 1. The van der Waals surface area contributed by atoms with E-state index in [9.17, 15) is 14.4 Å². The summed E-state index contributed by atoms with van der Waals surface area (Å²) < 4.78 is 6.29. The second kappa shape index (κ2) is 14.6. The van der Waals surface area contributed by atoms with Gasteiger partial charge in [-0.15, -0.1) is 11.8 Å². The van der Waals surface area contributed by atoms with Crippen LogP contribution in [-0.2, 0) is 22.6 Å². The van der Waals surface area contributed by atoms with E-state index in [0.717, 1.165) is 53.8 Å². The highest BCUT2D eigenvalue weighted by molar-refractivity contribution is 8.01. The van der Waals surface area contributed by atoms with Gasteiger partial charge in [-0.25, -0.2) is 4.79 Å². The molecule has 0 aromatic heterocycles. The molecule has 3 aromatic rings. The fourth-order valence-electron chi connectivity index (χ4n) is 6.59. The lowest BCUT2D eigenvalue weighted by Gasteiger charge is -2.38. The number of hydrogen-bond donors (Lipinski definition) is 1. The number of para-hydroxylation sites is 2. The summed E-state index contributed by atoms with van der Waals surface area (Å²) in [4.78, 5) is 46.3. The van der Waals surface area contributed by atoms with Gasteiger partial charge in [-0.2, -0.15) is 0 Å². The van der Waals surface area contributed by atoms with E-state index in [0.29, 0.717) is 38.7 Å². The number of benzene rings is 3. The van der Waals surface area contributed by atoms with Crippen LogP contribution in [0.4, 0.5) is 10.5 Å². The number of fused-ring (bicyclic) bond motifs is 1. The van der Waals surface area contributed by atoms with Crippen LogP contribution >= 0.6 is 11.8 Å². The Labute approximate surface area is 276 Å². The molecule has 0 aliphatic carbocycles. The van der Waals surface area contributed by atoms with E-state index in [4.69, 9.17) is 4.74 Å². The summed E-state index contributed by atoms with van der Waals surface area (Å²) in [6.45, 7) is 7.25. The van der Waals surface area contributed by atoms with E-state index >= 15 is 0 Å². The predicted molar refractivity (Wildman–Crippen MR) is 183 cm³/mol. The zero-order chi connectivity index (χ0) is 32.0. The third-order valence-corrected chi connectivity index (χ3v) is 10.7. The van der Waals surface area contributed by atoms with Crippen LogP contribution in [0.2, 0.25) is 0 Å². The highest BCUT2D eigenvalue weighted by Crippen LogP contribution is 2.47. The molecule has 3 heterocycles. The Morgan fingerprint density at radius 3 is 2.43 bits per heavy atom. The Morgan fingerprint density at radius 2 is 1.65 bits per heavy atom. The number of carbonyl (C=O) groups is 3. The van der Waals surface area contributed by atoms with E-state index in [1.165, 1.54) is 0 Å². The largest absolute Gasteiger partial charge is 0.489 e. The minimum Gasteiger partial charge on any atom is -0.489 e. The van der Waals surface area contributed by atoms with Gasteiger partial charge in [-0.3, -0.25) is 9.59 Å². The minimum atomic E-state index is -0.445. The average molecular weight is 641 g/mol. The van der Waals surface area contributed by atoms with Crippen molar-refractivity contribution in [1.82, 2.24) is 14.7 Å². The first-order chi connectivity index (χ1) is 22.4. The number of amides is 4. The van der Waals surface area contributed by atoms with Gasteiger partial charge in [0.2, 0.25) is 11.8 Å². The maximum absolute atomic E-state index is 13.9. The van der Waals surface area contributed by atoms with E-state index < -0.39 is 5.25 Å². The summed E-state index contributed by atoms with van der Waals surface area (Å²) >= 11 is 1.57. The van der Waals surface area contributed by atoms with Gasteiger partial charge < -0.3 is 24.8 Å². The molecular weight excluding hydrogens is 596 g/mol. The summed E-state index contributed by atoms with van der Waals surface area (Å²) in [5, 5.41) is 2.41. The molecule has 3 aliphatic rings. The topological polar surface area (TPSA) is 82.2 Å². The zero-order valence-electron chi connectivity index (χ0n) is 26.8. The van der Waals surface area contributed by atoms with Gasteiger partial charge in [0.15, 0.2) is 0 Å². The summed E-state index contributed by atoms with van der Waals surface area (Å²) in [6, 6.07) is 26.0. The number of nitrogens with zero attached hydrogens (tertiary/aromatic N) is 3. The smallest absolute Gasteiger partial charge is 0.322 e. The van der Waals surface area contributed by atoms with Crippen LogP contribution in [0.5, 0.6) is 5.75 Å². The van der Waals surface area contributed by atoms with Crippen LogP contribution in [-0.4, -0.2) is 70.0 Å². The normalized spacial score (nSPS) is 20.5. The highest BCUT2D eigenvalue weighted by atomic mass is 32.2. The van der Waals surface area contributed by atoms with Crippen LogP contribution in [0.3, 0.4) is 0 Å². The number of rotatable bonds is 10. The maximum Gasteiger partial charge on any atom is 0.322 e. The average Bonchev–Trinajstić information content (AvgIpc) is 3.26. The molecule has 4 amide bonds. The highest BCUT2D eigenvalue weighted by Gasteiger charge is 2.43. The monoisotopic (exact) mass is 640 g/mol. The predicted octanol–water partition coefficient (Wildman–Crippen LogP) is 6.73. The molecule has 3 aliphatic heterocycles. The number of urea groups is 1. The Morgan fingerprint density at radius 1 is 0.935 bits per heavy atom. The number of thioether (sulfide) groups is 1. The first kappa shape index (κ1) is 32.0. The number of hydrogen-bond acceptors (Lipinski definition) is 5. The van der Waals surface area contributed by atoms with Crippen molar-refractivity contribution in [1.29, 1.82) is 0 Å². The summed E-state index contributed by atoms with van der Waals surface area (Å²) in [7, 11) is 0. The summed E-state index contributed by atoms with van der Waals surface area (Å²) in [5.74, 6) is 1.25. The summed E-state index contributed by atoms with van der Waals surface area (Å²) in [5.41, 5.74) is 4.08. The van der Waals surface area contributed by atoms with Crippen molar-refractivity contribution in [2.24, 2.45) is 5.92 Å².